The molecule has 0 saturated carbocycles. The lowest BCUT2D eigenvalue weighted by atomic mass is 10.3. The maximum Gasteiger partial charge on any atom is 0.309 e. The molecule has 0 aliphatic heterocycles. The summed E-state index contributed by atoms with van der Waals surface area (Å²) in [6.45, 7) is 0.324. The highest BCUT2D eigenvalue weighted by molar-refractivity contribution is 5.71. The minimum Gasteiger partial charge on any atom is -0.481 e. The molecule has 0 fully saturated rings. The molecule has 0 aliphatic rings. The molecular weight excluding hydrogens is 260 g/mol. The molecule has 0 aliphatic carbocycles. The molecule has 0 amide bonds. The minimum absolute atomic E-state index is 0.0316. The number of carboxylic acid groups (broad SMARTS) is 1. The number of hydrogen-bond acceptors (Lipinski definition) is 5. The van der Waals surface area contributed by atoms with Crippen molar-refractivity contribution in [2.24, 2.45) is 0 Å². The summed E-state index contributed by atoms with van der Waals surface area (Å²) in [5.41, 5.74) is 1.88. The van der Waals surface area contributed by atoms with Gasteiger partial charge in [-0.25, -0.2) is 9.97 Å². The lowest BCUT2D eigenvalue weighted by Gasteiger charge is -1.93. The van der Waals surface area contributed by atoms with Crippen LogP contribution in [0.25, 0.3) is 22.7 Å². The minimum atomic E-state index is -0.853. The summed E-state index contributed by atoms with van der Waals surface area (Å²) >= 11 is 0. The van der Waals surface area contributed by atoms with Gasteiger partial charge >= 0.3 is 5.97 Å². The number of rotatable bonds is 4. The number of aromatic nitrogens is 4. The lowest BCUT2D eigenvalue weighted by molar-refractivity contribution is -0.752. The van der Waals surface area contributed by atoms with E-state index in [0.29, 0.717) is 23.7 Å². The highest BCUT2D eigenvalue weighted by Crippen LogP contribution is 2.20. The van der Waals surface area contributed by atoms with Crippen LogP contribution < -0.4 is 4.68 Å². The van der Waals surface area contributed by atoms with Crippen molar-refractivity contribution in [2.75, 3.05) is 0 Å². The van der Waals surface area contributed by atoms with Gasteiger partial charge in [0.25, 0.3) is 0 Å². The number of aliphatic carboxylic acids is 1. The summed E-state index contributed by atoms with van der Waals surface area (Å²) in [6, 6.07) is 5.38. The number of carbonyl (C=O) groups is 1. The third-order valence-electron chi connectivity index (χ3n) is 2.74. The Labute approximate surface area is 113 Å². The van der Waals surface area contributed by atoms with E-state index < -0.39 is 5.97 Å². The second-order valence-corrected chi connectivity index (χ2v) is 4.17. The van der Waals surface area contributed by atoms with Crippen LogP contribution >= 0.6 is 0 Å². The highest BCUT2D eigenvalue weighted by Gasteiger charge is 2.12. The largest absolute Gasteiger partial charge is 0.481 e. The van der Waals surface area contributed by atoms with Crippen LogP contribution in [0.2, 0.25) is 0 Å². The third-order valence-corrected chi connectivity index (χ3v) is 2.74. The third kappa shape index (κ3) is 2.46. The molecule has 3 aromatic heterocycles. The Morgan fingerprint density at radius 1 is 1.40 bits per heavy atom. The zero-order valence-corrected chi connectivity index (χ0v) is 10.4. The summed E-state index contributed by atoms with van der Waals surface area (Å²) in [5, 5.41) is 12.7. The Morgan fingerprint density at radius 2 is 2.30 bits per heavy atom. The summed E-state index contributed by atoms with van der Waals surface area (Å²) in [5.74, 6) is -0.412. The quantitative estimate of drug-likeness (QED) is 0.713. The zero-order chi connectivity index (χ0) is 13.9. The predicted molar refractivity (Wildman–Crippen MR) is 67.5 cm³/mol. The van der Waals surface area contributed by atoms with E-state index in [1.54, 1.807) is 35.4 Å². The molecule has 20 heavy (non-hydrogen) atoms. The molecular formula is C13H11N4O3+. The smallest absolute Gasteiger partial charge is 0.309 e. The van der Waals surface area contributed by atoms with Gasteiger partial charge in [0.2, 0.25) is 11.6 Å². The second kappa shape index (κ2) is 5.04. The van der Waals surface area contributed by atoms with E-state index in [4.69, 9.17) is 9.52 Å². The molecule has 1 N–H and O–H groups in total. The van der Waals surface area contributed by atoms with Gasteiger partial charge in [0.15, 0.2) is 12.7 Å². The van der Waals surface area contributed by atoms with Crippen molar-refractivity contribution in [3.63, 3.8) is 0 Å². The second-order valence-electron chi connectivity index (χ2n) is 4.17. The number of carboxylic acids is 1. The first kappa shape index (κ1) is 12.2. The van der Waals surface area contributed by atoms with Gasteiger partial charge in [-0.1, -0.05) is 4.68 Å². The Balaban J connectivity index is 1.85. The van der Waals surface area contributed by atoms with Crippen LogP contribution in [0.1, 0.15) is 6.42 Å². The van der Waals surface area contributed by atoms with Gasteiger partial charge in [-0.2, -0.15) is 0 Å². The normalized spacial score (nSPS) is 10.8. The molecule has 0 atom stereocenters. The topological polar surface area (TPSA) is 93.0 Å². The van der Waals surface area contributed by atoms with E-state index in [-0.39, 0.29) is 6.42 Å². The summed E-state index contributed by atoms with van der Waals surface area (Å²) in [6.07, 6.45) is 4.96. The predicted octanol–water partition coefficient (Wildman–Crippen LogP) is 1.05. The SMILES string of the molecule is O=C(O)CC[n+]1ccc(-c2nc3cccnc3o2)cn1. The Kier molecular flexibility index (Phi) is 3.08. The molecule has 7 heteroatoms. The number of pyridine rings is 1. The van der Waals surface area contributed by atoms with E-state index in [1.165, 1.54) is 0 Å². The highest BCUT2D eigenvalue weighted by atomic mass is 16.4. The molecule has 0 aromatic carbocycles. The number of nitrogens with zero attached hydrogens (tertiary/aromatic N) is 4. The van der Waals surface area contributed by atoms with E-state index in [2.05, 4.69) is 15.1 Å². The van der Waals surface area contributed by atoms with Crippen LogP contribution in [0.5, 0.6) is 0 Å². The van der Waals surface area contributed by atoms with E-state index in [9.17, 15) is 4.79 Å². The number of hydrogen-bond donors (Lipinski definition) is 1. The van der Waals surface area contributed by atoms with Crippen molar-refractivity contribution in [1.82, 2.24) is 15.1 Å². The molecule has 0 saturated heterocycles. The Bertz CT molecular complexity index is 719. The molecule has 3 heterocycles. The molecule has 0 spiro atoms. The standard InChI is InChI=1S/C13H10N4O3/c18-11(19)4-7-17-6-3-9(8-15-17)12-16-10-2-1-5-14-13(10)20-12/h1-3,5-6,8H,4,7H2/p+1. The van der Waals surface area contributed by atoms with Crippen LogP contribution in [0.4, 0.5) is 0 Å². The average molecular weight is 271 g/mol. The Morgan fingerprint density at radius 3 is 3.00 bits per heavy atom. The first-order valence-electron chi connectivity index (χ1n) is 6.02. The van der Waals surface area contributed by atoms with Crippen molar-refractivity contribution in [1.29, 1.82) is 0 Å². The van der Waals surface area contributed by atoms with Gasteiger partial charge in [0.1, 0.15) is 18.1 Å². The van der Waals surface area contributed by atoms with Crippen molar-refractivity contribution in [3.8, 4) is 11.5 Å². The maximum atomic E-state index is 10.5. The summed E-state index contributed by atoms with van der Waals surface area (Å²) < 4.78 is 7.08. The Hall–Kier alpha value is -2.83. The molecule has 0 radical (unpaired) electrons. The molecule has 100 valence electrons. The fraction of sp³-hybridized carbons (Fsp3) is 0.154. The van der Waals surface area contributed by atoms with Crippen molar-refractivity contribution < 1.29 is 19.0 Å². The molecule has 0 unspecified atom stereocenters. The van der Waals surface area contributed by atoms with E-state index in [1.807, 2.05) is 6.07 Å². The van der Waals surface area contributed by atoms with Crippen LogP contribution in [-0.4, -0.2) is 26.1 Å². The lowest BCUT2D eigenvalue weighted by Crippen LogP contribution is -2.38. The zero-order valence-electron chi connectivity index (χ0n) is 10.4. The first-order valence-corrected chi connectivity index (χ1v) is 6.02. The van der Waals surface area contributed by atoms with Crippen LogP contribution in [0.15, 0.2) is 41.2 Å². The van der Waals surface area contributed by atoms with Gasteiger partial charge in [0, 0.05) is 12.3 Å². The number of fused-ring (bicyclic) bond motifs is 1. The maximum absolute atomic E-state index is 10.5. The summed E-state index contributed by atoms with van der Waals surface area (Å²) in [7, 11) is 0. The van der Waals surface area contributed by atoms with Gasteiger partial charge in [-0.05, 0) is 17.2 Å². The number of oxazole rings is 1. The van der Waals surface area contributed by atoms with Crippen LogP contribution in [-0.2, 0) is 11.3 Å². The van der Waals surface area contributed by atoms with E-state index >= 15 is 0 Å². The molecule has 7 nitrogen and oxygen atoms in total. The van der Waals surface area contributed by atoms with E-state index in [0.717, 1.165) is 5.56 Å². The van der Waals surface area contributed by atoms with Crippen LogP contribution in [0.3, 0.4) is 0 Å². The van der Waals surface area contributed by atoms with Crippen molar-refractivity contribution in [2.45, 2.75) is 13.0 Å². The van der Waals surface area contributed by atoms with Crippen molar-refractivity contribution in [3.05, 3.63) is 36.8 Å². The van der Waals surface area contributed by atoms with Gasteiger partial charge in [-0.3, -0.25) is 4.79 Å². The average Bonchev–Trinajstić information content (AvgIpc) is 2.89. The fourth-order valence-corrected chi connectivity index (χ4v) is 1.75. The monoisotopic (exact) mass is 271 g/mol. The molecule has 0 bridgehead atoms. The van der Waals surface area contributed by atoms with Crippen molar-refractivity contribution >= 4 is 17.2 Å². The molecule has 3 aromatic rings. The van der Waals surface area contributed by atoms with Gasteiger partial charge in [-0.15, -0.1) is 0 Å². The van der Waals surface area contributed by atoms with Crippen LogP contribution in [0, 0.1) is 0 Å². The first-order chi connectivity index (χ1) is 9.72. The van der Waals surface area contributed by atoms with Gasteiger partial charge in [0.05, 0.1) is 5.56 Å². The summed E-state index contributed by atoms with van der Waals surface area (Å²) in [4.78, 5) is 18.9. The fourth-order valence-electron chi connectivity index (χ4n) is 1.75. The molecule has 3 rings (SSSR count). The van der Waals surface area contributed by atoms with Gasteiger partial charge < -0.3 is 9.52 Å². The number of aryl methyl sites for hydroxylation is 1.